The summed E-state index contributed by atoms with van der Waals surface area (Å²) < 4.78 is 4.66. The van der Waals surface area contributed by atoms with E-state index in [1.165, 1.54) is 44.9 Å². The monoisotopic (exact) mass is 305 g/mol. The lowest BCUT2D eigenvalue weighted by Gasteiger charge is -2.22. The lowest BCUT2D eigenvalue weighted by atomic mass is 10.1. The van der Waals surface area contributed by atoms with Crippen LogP contribution in [-0.4, -0.2) is 31.1 Å². The second kappa shape index (κ2) is 12.2. The molecule has 0 atom stereocenters. The van der Waals surface area contributed by atoms with Crippen molar-refractivity contribution in [3.8, 4) is 0 Å². The highest BCUT2D eigenvalue weighted by Crippen LogP contribution is 2.09. The Morgan fingerprint density at radius 3 is 2.36 bits per heavy atom. The number of unbranched alkanes of at least 4 members (excludes halogenated alkanes) is 4. The number of rotatable bonds is 12. The molecule has 0 fully saturated rings. The Kier molecular flexibility index (Phi) is 10.4. The number of ether oxygens (including phenoxy) is 1. The minimum Gasteiger partial charge on any atom is -0.469 e. The van der Waals surface area contributed by atoms with Crippen LogP contribution in [0.25, 0.3) is 0 Å². The number of nitrogens with zero attached hydrogens (tertiary/aromatic N) is 1. The molecule has 1 aromatic carbocycles. The van der Waals surface area contributed by atoms with Gasteiger partial charge in [0, 0.05) is 13.0 Å². The molecular weight excluding hydrogens is 274 g/mol. The summed E-state index contributed by atoms with van der Waals surface area (Å²) in [5.74, 6) is -0.0892. The van der Waals surface area contributed by atoms with Crippen LogP contribution in [-0.2, 0) is 16.1 Å². The SMILES string of the molecule is CCCCN(CCCCCCC(=O)OC)Cc1ccccc1. The first-order valence-corrected chi connectivity index (χ1v) is 8.59. The second-order valence-electron chi connectivity index (χ2n) is 5.86. The molecule has 3 heteroatoms. The van der Waals surface area contributed by atoms with Crippen molar-refractivity contribution >= 4 is 5.97 Å². The molecule has 124 valence electrons. The molecular formula is C19H31NO2. The Bertz CT molecular complexity index is 392. The van der Waals surface area contributed by atoms with Crippen molar-refractivity contribution in [1.82, 2.24) is 4.90 Å². The first-order chi connectivity index (χ1) is 10.8. The summed E-state index contributed by atoms with van der Waals surface area (Å²) in [6.45, 7) is 5.61. The first kappa shape index (κ1) is 18.7. The fraction of sp³-hybridized carbons (Fsp3) is 0.632. The fourth-order valence-electron chi connectivity index (χ4n) is 2.55. The Balaban J connectivity index is 2.22. The van der Waals surface area contributed by atoms with Gasteiger partial charge in [-0.15, -0.1) is 0 Å². The van der Waals surface area contributed by atoms with Gasteiger partial charge in [0.25, 0.3) is 0 Å². The lowest BCUT2D eigenvalue weighted by molar-refractivity contribution is -0.140. The third-order valence-electron chi connectivity index (χ3n) is 3.91. The van der Waals surface area contributed by atoms with E-state index >= 15 is 0 Å². The van der Waals surface area contributed by atoms with Gasteiger partial charge in [0.15, 0.2) is 0 Å². The molecule has 0 aromatic heterocycles. The predicted molar refractivity (Wildman–Crippen MR) is 91.7 cm³/mol. The van der Waals surface area contributed by atoms with Gasteiger partial charge in [0.1, 0.15) is 0 Å². The lowest BCUT2D eigenvalue weighted by Crippen LogP contribution is -2.25. The smallest absolute Gasteiger partial charge is 0.305 e. The van der Waals surface area contributed by atoms with Crippen molar-refractivity contribution in [3.05, 3.63) is 35.9 Å². The zero-order valence-corrected chi connectivity index (χ0v) is 14.2. The van der Waals surface area contributed by atoms with Crippen molar-refractivity contribution in [2.45, 2.75) is 58.4 Å². The average molecular weight is 305 g/mol. The number of hydrogen-bond acceptors (Lipinski definition) is 3. The van der Waals surface area contributed by atoms with Gasteiger partial charge in [-0.3, -0.25) is 9.69 Å². The highest BCUT2D eigenvalue weighted by atomic mass is 16.5. The quantitative estimate of drug-likeness (QED) is 0.423. The number of carbonyl (C=O) groups excluding carboxylic acids is 1. The summed E-state index contributed by atoms with van der Waals surface area (Å²) >= 11 is 0. The molecule has 0 aliphatic rings. The normalized spacial score (nSPS) is 10.9. The summed E-state index contributed by atoms with van der Waals surface area (Å²) in [5.41, 5.74) is 1.39. The summed E-state index contributed by atoms with van der Waals surface area (Å²) in [6, 6.07) is 10.7. The minimum absolute atomic E-state index is 0.0892. The molecule has 0 saturated heterocycles. The molecule has 3 nitrogen and oxygen atoms in total. The predicted octanol–water partition coefficient (Wildman–Crippen LogP) is 4.41. The van der Waals surface area contributed by atoms with Crippen molar-refractivity contribution < 1.29 is 9.53 Å². The van der Waals surface area contributed by atoms with E-state index in [0.717, 1.165) is 25.9 Å². The molecule has 1 rings (SSSR count). The van der Waals surface area contributed by atoms with Crippen LogP contribution >= 0.6 is 0 Å². The van der Waals surface area contributed by atoms with E-state index in [0.29, 0.717) is 6.42 Å². The third-order valence-corrected chi connectivity index (χ3v) is 3.91. The minimum atomic E-state index is -0.0892. The van der Waals surface area contributed by atoms with Gasteiger partial charge in [-0.25, -0.2) is 0 Å². The van der Waals surface area contributed by atoms with E-state index in [1.54, 1.807) is 0 Å². The molecule has 0 unspecified atom stereocenters. The van der Waals surface area contributed by atoms with Crippen LogP contribution in [0.3, 0.4) is 0 Å². The second-order valence-corrected chi connectivity index (χ2v) is 5.86. The van der Waals surface area contributed by atoms with Gasteiger partial charge in [0.05, 0.1) is 7.11 Å². The third kappa shape index (κ3) is 8.83. The van der Waals surface area contributed by atoms with E-state index in [9.17, 15) is 4.79 Å². The van der Waals surface area contributed by atoms with Crippen LogP contribution in [0.15, 0.2) is 30.3 Å². The summed E-state index contributed by atoms with van der Waals surface area (Å²) in [7, 11) is 1.46. The largest absolute Gasteiger partial charge is 0.469 e. The van der Waals surface area contributed by atoms with E-state index in [2.05, 4.69) is 46.9 Å². The average Bonchev–Trinajstić information content (AvgIpc) is 2.56. The number of hydrogen-bond donors (Lipinski definition) is 0. The topological polar surface area (TPSA) is 29.5 Å². The van der Waals surface area contributed by atoms with E-state index in [4.69, 9.17) is 0 Å². The van der Waals surface area contributed by atoms with Gasteiger partial charge < -0.3 is 4.74 Å². The molecule has 1 aromatic rings. The molecule has 0 amide bonds. The maximum Gasteiger partial charge on any atom is 0.305 e. The summed E-state index contributed by atoms with van der Waals surface area (Å²) in [5, 5.41) is 0. The molecule has 0 aliphatic heterocycles. The van der Waals surface area contributed by atoms with E-state index in [-0.39, 0.29) is 5.97 Å². The van der Waals surface area contributed by atoms with Crippen molar-refractivity contribution in [2.75, 3.05) is 20.2 Å². The molecule has 0 N–H and O–H groups in total. The van der Waals surface area contributed by atoms with Gasteiger partial charge in [0.2, 0.25) is 0 Å². The van der Waals surface area contributed by atoms with E-state index < -0.39 is 0 Å². The Morgan fingerprint density at radius 2 is 1.68 bits per heavy atom. The Labute approximate surface area is 135 Å². The molecule has 0 radical (unpaired) electrons. The standard InChI is InChI=1S/C19H31NO2/c1-3-4-15-20(17-18-12-8-7-9-13-18)16-11-6-5-10-14-19(21)22-2/h7-9,12-13H,3-6,10-11,14-17H2,1-2H3. The molecule has 0 bridgehead atoms. The molecule has 0 aliphatic carbocycles. The zero-order valence-electron chi connectivity index (χ0n) is 14.2. The van der Waals surface area contributed by atoms with Crippen molar-refractivity contribution in [1.29, 1.82) is 0 Å². The van der Waals surface area contributed by atoms with Crippen LogP contribution in [0.4, 0.5) is 0 Å². The van der Waals surface area contributed by atoms with E-state index in [1.807, 2.05) is 0 Å². The molecule has 0 saturated carbocycles. The van der Waals surface area contributed by atoms with Gasteiger partial charge in [-0.2, -0.15) is 0 Å². The Hall–Kier alpha value is -1.35. The highest BCUT2D eigenvalue weighted by Gasteiger charge is 2.05. The fourth-order valence-corrected chi connectivity index (χ4v) is 2.55. The van der Waals surface area contributed by atoms with Crippen LogP contribution in [0.1, 0.15) is 57.4 Å². The van der Waals surface area contributed by atoms with Crippen LogP contribution in [0.2, 0.25) is 0 Å². The molecule has 0 heterocycles. The maximum absolute atomic E-state index is 11.0. The summed E-state index contributed by atoms with van der Waals surface area (Å²) in [4.78, 5) is 13.6. The molecule has 22 heavy (non-hydrogen) atoms. The van der Waals surface area contributed by atoms with Crippen molar-refractivity contribution in [2.24, 2.45) is 0 Å². The zero-order chi connectivity index (χ0) is 16.0. The number of benzene rings is 1. The number of carbonyl (C=O) groups is 1. The maximum atomic E-state index is 11.0. The van der Waals surface area contributed by atoms with Crippen LogP contribution in [0.5, 0.6) is 0 Å². The highest BCUT2D eigenvalue weighted by molar-refractivity contribution is 5.68. The Morgan fingerprint density at radius 1 is 1.00 bits per heavy atom. The number of methoxy groups -OCH3 is 1. The van der Waals surface area contributed by atoms with Crippen molar-refractivity contribution in [3.63, 3.8) is 0 Å². The van der Waals surface area contributed by atoms with Crippen LogP contribution < -0.4 is 0 Å². The number of esters is 1. The van der Waals surface area contributed by atoms with Crippen LogP contribution in [0, 0.1) is 0 Å². The van der Waals surface area contributed by atoms with Gasteiger partial charge in [-0.05, 0) is 37.9 Å². The molecule has 0 spiro atoms. The summed E-state index contributed by atoms with van der Waals surface area (Å²) in [6.07, 6.45) is 7.51. The first-order valence-electron chi connectivity index (χ1n) is 8.59. The van der Waals surface area contributed by atoms with Gasteiger partial charge in [-0.1, -0.05) is 56.5 Å². The van der Waals surface area contributed by atoms with Gasteiger partial charge >= 0.3 is 5.97 Å².